The number of hydrogen-bond acceptors (Lipinski definition) is 4. The third kappa shape index (κ3) is 3.05. The van der Waals surface area contributed by atoms with Crippen molar-refractivity contribution >= 4 is 48.4 Å². The lowest BCUT2D eigenvalue weighted by Crippen LogP contribution is -2.13. The lowest BCUT2D eigenvalue weighted by Gasteiger charge is -2.02. The Labute approximate surface area is 141 Å². The predicted octanol–water partition coefficient (Wildman–Crippen LogP) is 4.97. The van der Waals surface area contributed by atoms with Crippen molar-refractivity contribution in [1.29, 1.82) is 0 Å². The van der Waals surface area contributed by atoms with Gasteiger partial charge < -0.3 is 5.32 Å². The lowest BCUT2D eigenvalue weighted by atomic mass is 10.1. The van der Waals surface area contributed by atoms with E-state index >= 15 is 0 Å². The van der Waals surface area contributed by atoms with Crippen LogP contribution >= 0.6 is 27.3 Å². The molecule has 3 nitrogen and oxygen atoms in total. The maximum Gasteiger partial charge on any atom is 0.184 e. The number of ketones is 1. The fraction of sp³-hybridized carbons (Fsp3) is 0.176. The van der Waals surface area contributed by atoms with E-state index in [1.165, 1.54) is 11.1 Å². The van der Waals surface area contributed by atoms with Crippen LogP contribution in [0.5, 0.6) is 0 Å². The van der Waals surface area contributed by atoms with Gasteiger partial charge in [-0.15, -0.1) is 0 Å². The second-order valence-corrected chi connectivity index (χ2v) is 7.10. The monoisotopic (exact) mass is 374 g/mol. The first kappa shape index (κ1) is 15.2. The Bertz CT molecular complexity index is 840. The molecule has 112 valence electrons. The van der Waals surface area contributed by atoms with Crippen molar-refractivity contribution in [2.75, 3.05) is 11.9 Å². The van der Waals surface area contributed by atoms with Gasteiger partial charge in [-0.1, -0.05) is 45.5 Å². The van der Waals surface area contributed by atoms with Crippen molar-refractivity contribution < 1.29 is 4.79 Å². The number of hydrogen-bond donors (Lipinski definition) is 1. The number of carbonyl (C=O) groups excluding carboxylic acids is 1. The van der Waals surface area contributed by atoms with Crippen LogP contribution in [0.15, 0.2) is 40.9 Å². The van der Waals surface area contributed by atoms with Crippen LogP contribution in [-0.2, 0) is 0 Å². The quantitative estimate of drug-likeness (QED) is 0.655. The highest BCUT2D eigenvalue weighted by atomic mass is 79.9. The van der Waals surface area contributed by atoms with Crippen molar-refractivity contribution in [3.63, 3.8) is 0 Å². The number of rotatable bonds is 4. The number of aromatic nitrogens is 1. The van der Waals surface area contributed by atoms with Crippen LogP contribution in [0.2, 0.25) is 0 Å². The molecular formula is C17H15BrN2OS. The molecule has 1 N–H and O–H groups in total. The van der Waals surface area contributed by atoms with Gasteiger partial charge in [-0.25, -0.2) is 4.98 Å². The number of carbonyl (C=O) groups is 1. The molecule has 0 unspecified atom stereocenters. The topological polar surface area (TPSA) is 42.0 Å². The van der Waals surface area contributed by atoms with Crippen LogP contribution in [0.1, 0.15) is 21.5 Å². The van der Waals surface area contributed by atoms with Gasteiger partial charge in [0.2, 0.25) is 0 Å². The second-order valence-electron chi connectivity index (χ2n) is 5.16. The van der Waals surface area contributed by atoms with Gasteiger partial charge in [0.05, 0.1) is 16.8 Å². The Hall–Kier alpha value is -1.72. The Morgan fingerprint density at radius 3 is 2.64 bits per heavy atom. The van der Waals surface area contributed by atoms with E-state index in [9.17, 15) is 4.79 Å². The highest BCUT2D eigenvalue weighted by molar-refractivity contribution is 9.10. The summed E-state index contributed by atoms with van der Waals surface area (Å²) >= 11 is 4.94. The summed E-state index contributed by atoms with van der Waals surface area (Å²) in [6, 6.07) is 11.6. The number of benzene rings is 2. The molecule has 0 radical (unpaired) electrons. The fourth-order valence-electron chi connectivity index (χ4n) is 2.20. The van der Waals surface area contributed by atoms with Gasteiger partial charge in [0, 0.05) is 10.0 Å². The minimum atomic E-state index is 0.0552. The highest BCUT2D eigenvalue weighted by Crippen LogP contribution is 2.29. The Balaban J connectivity index is 1.75. The van der Waals surface area contributed by atoms with Crippen LogP contribution in [0.3, 0.4) is 0 Å². The van der Waals surface area contributed by atoms with Crippen molar-refractivity contribution in [3.05, 3.63) is 57.6 Å². The lowest BCUT2D eigenvalue weighted by molar-refractivity contribution is 0.101. The van der Waals surface area contributed by atoms with Crippen molar-refractivity contribution in [3.8, 4) is 0 Å². The molecule has 0 aliphatic carbocycles. The summed E-state index contributed by atoms with van der Waals surface area (Å²) in [5, 5.41) is 3.93. The van der Waals surface area contributed by atoms with E-state index in [0.717, 1.165) is 19.8 Å². The van der Waals surface area contributed by atoms with Crippen LogP contribution in [0.25, 0.3) is 10.2 Å². The molecule has 5 heteroatoms. The molecule has 22 heavy (non-hydrogen) atoms. The molecule has 0 atom stereocenters. The molecular weight excluding hydrogens is 360 g/mol. The molecule has 0 saturated heterocycles. The van der Waals surface area contributed by atoms with Crippen molar-refractivity contribution in [1.82, 2.24) is 4.98 Å². The number of anilines is 1. The zero-order valence-electron chi connectivity index (χ0n) is 12.3. The minimum Gasteiger partial charge on any atom is -0.354 e. The molecule has 3 aromatic rings. The molecule has 0 saturated carbocycles. The summed E-state index contributed by atoms with van der Waals surface area (Å²) in [4.78, 5) is 16.8. The van der Waals surface area contributed by atoms with Crippen molar-refractivity contribution in [2.24, 2.45) is 0 Å². The summed E-state index contributed by atoms with van der Waals surface area (Å²) in [5.41, 5.74) is 4.14. The van der Waals surface area contributed by atoms with Gasteiger partial charge >= 0.3 is 0 Å². The van der Waals surface area contributed by atoms with Gasteiger partial charge in [-0.2, -0.15) is 0 Å². The van der Waals surface area contributed by atoms with Gasteiger partial charge in [0.1, 0.15) is 0 Å². The Morgan fingerprint density at radius 1 is 1.18 bits per heavy atom. The first-order valence-electron chi connectivity index (χ1n) is 6.94. The molecule has 3 rings (SSSR count). The van der Waals surface area contributed by atoms with E-state index in [1.807, 2.05) is 24.3 Å². The first-order chi connectivity index (χ1) is 10.5. The predicted molar refractivity (Wildman–Crippen MR) is 96.1 cm³/mol. The van der Waals surface area contributed by atoms with E-state index in [2.05, 4.69) is 52.2 Å². The molecule has 2 aromatic carbocycles. The highest BCUT2D eigenvalue weighted by Gasteiger charge is 2.10. The van der Waals surface area contributed by atoms with Crippen molar-refractivity contribution in [2.45, 2.75) is 13.8 Å². The Kier molecular flexibility index (Phi) is 4.27. The third-order valence-corrected chi connectivity index (χ3v) is 5.16. The molecule has 0 aliphatic rings. The number of nitrogens with zero attached hydrogens (tertiary/aromatic N) is 1. The summed E-state index contributed by atoms with van der Waals surface area (Å²) in [5.74, 6) is 0.0552. The van der Waals surface area contributed by atoms with Crippen LogP contribution < -0.4 is 5.32 Å². The zero-order chi connectivity index (χ0) is 15.7. The van der Waals surface area contributed by atoms with Gasteiger partial charge in [0.25, 0.3) is 0 Å². The maximum absolute atomic E-state index is 12.2. The fourth-order valence-corrected chi connectivity index (χ4v) is 3.38. The largest absolute Gasteiger partial charge is 0.354 e. The van der Waals surface area contributed by atoms with Crippen LogP contribution in [0.4, 0.5) is 5.13 Å². The Morgan fingerprint density at radius 2 is 1.91 bits per heavy atom. The molecule has 0 spiro atoms. The summed E-state index contributed by atoms with van der Waals surface area (Å²) in [6.07, 6.45) is 0. The van der Waals surface area contributed by atoms with Gasteiger partial charge in [0.15, 0.2) is 10.9 Å². The average Bonchev–Trinajstić information content (AvgIpc) is 2.93. The number of fused-ring (bicyclic) bond motifs is 1. The third-order valence-electron chi connectivity index (χ3n) is 3.65. The molecule has 1 heterocycles. The minimum absolute atomic E-state index is 0.0552. The molecule has 0 aliphatic heterocycles. The maximum atomic E-state index is 12.2. The average molecular weight is 375 g/mol. The van der Waals surface area contributed by atoms with E-state index < -0.39 is 0 Å². The number of nitrogens with one attached hydrogen (secondary N) is 1. The summed E-state index contributed by atoms with van der Waals surface area (Å²) in [7, 11) is 0. The SMILES string of the molecule is Cc1ccc2sc(NCC(=O)c3ccc(Br)cc3)nc2c1C. The van der Waals surface area contributed by atoms with E-state index in [-0.39, 0.29) is 12.3 Å². The van der Waals surface area contributed by atoms with Crippen LogP contribution in [0, 0.1) is 13.8 Å². The normalized spacial score (nSPS) is 10.9. The molecule has 0 bridgehead atoms. The number of halogens is 1. The van der Waals surface area contributed by atoms with E-state index in [0.29, 0.717) is 5.56 Å². The van der Waals surface area contributed by atoms with Crippen LogP contribution in [-0.4, -0.2) is 17.3 Å². The smallest absolute Gasteiger partial charge is 0.184 e. The molecule has 0 amide bonds. The second kappa shape index (κ2) is 6.18. The number of thiazole rings is 1. The van der Waals surface area contributed by atoms with E-state index in [1.54, 1.807) is 11.3 Å². The standard InChI is InChI=1S/C17H15BrN2OS/c1-10-3-8-15-16(11(10)2)20-17(22-15)19-9-14(21)12-4-6-13(18)7-5-12/h3-8H,9H2,1-2H3,(H,19,20). The number of aryl methyl sites for hydroxylation is 2. The first-order valence-corrected chi connectivity index (χ1v) is 8.55. The van der Waals surface area contributed by atoms with Gasteiger partial charge in [-0.05, 0) is 43.2 Å². The number of Topliss-reactive ketones (excluding diaryl/α,β-unsaturated/α-hetero) is 1. The summed E-state index contributed by atoms with van der Waals surface area (Å²) in [6.45, 7) is 4.41. The van der Waals surface area contributed by atoms with Gasteiger partial charge in [-0.3, -0.25) is 4.79 Å². The molecule has 0 fully saturated rings. The summed E-state index contributed by atoms with van der Waals surface area (Å²) < 4.78 is 2.11. The zero-order valence-corrected chi connectivity index (χ0v) is 14.7. The molecule has 1 aromatic heterocycles. The van der Waals surface area contributed by atoms with E-state index in [4.69, 9.17) is 0 Å².